The van der Waals surface area contributed by atoms with Gasteiger partial charge in [0.15, 0.2) is 17.1 Å². The Hall–Kier alpha value is -2.68. The summed E-state index contributed by atoms with van der Waals surface area (Å²) in [6.07, 6.45) is -4.71. The number of rotatable bonds is 7. The number of nitrogens with zero attached hydrogens (tertiary/aromatic N) is 3. The number of ether oxygens (including phenoxy) is 2. The highest BCUT2D eigenvalue weighted by molar-refractivity contribution is 7.98. The molecule has 0 radical (unpaired) electrons. The first-order valence-corrected chi connectivity index (χ1v) is 9.75. The zero-order valence-corrected chi connectivity index (χ0v) is 16.9. The molecule has 0 fully saturated rings. The number of thioether (sulfide) groups is 1. The van der Waals surface area contributed by atoms with Crippen LogP contribution in [0.4, 0.5) is 13.2 Å². The van der Waals surface area contributed by atoms with Crippen molar-refractivity contribution < 1.29 is 22.6 Å². The molecule has 0 unspecified atom stereocenters. The number of alkyl halides is 3. The summed E-state index contributed by atoms with van der Waals surface area (Å²) in [6, 6.07) is 12.5. The Balaban J connectivity index is 1.65. The number of halogens is 3. The topological polar surface area (TPSA) is 49.2 Å². The van der Waals surface area contributed by atoms with Gasteiger partial charge in [0, 0.05) is 12.8 Å². The van der Waals surface area contributed by atoms with Crippen LogP contribution in [0.25, 0.3) is 0 Å². The maximum absolute atomic E-state index is 12.9. The molecule has 0 N–H and O–H groups in total. The third kappa shape index (κ3) is 5.23. The Morgan fingerprint density at radius 1 is 1.07 bits per heavy atom. The summed E-state index contributed by atoms with van der Waals surface area (Å²) in [5.41, 5.74) is -0.0901. The van der Waals surface area contributed by atoms with Crippen molar-refractivity contribution in [3.05, 3.63) is 65.5 Å². The normalized spacial score (nSPS) is 12.6. The van der Waals surface area contributed by atoms with Crippen LogP contribution >= 0.6 is 11.8 Å². The predicted molar refractivity (Wildman–Crippen MR) is 104 cm³/mol. The molecule has 29 heavy (non-hydrogen) atoms. The fraction of sp³-hybridized carbons (Fsp3) is 0.300. The second-order valence-electron chi connectivity index (χ2n) is 6.32. The third-order valence-electron chi connectivity index (χ3n) is 4.23. The van der Waals surface area contributed by atoms with Crippen LogP contribution in [-0.2, 0) is 19.0 Å². The highest BCUT2D eigenvalue weighted by atomic mass is 32.2. The molecule has 0 saturated heterocycles. The number of benzene rings is 2. The monoisotopic (exact) mass is 423 g/mol. The maximum Gasteiger partial charge on any atom is 0.416 e. The van der Waals surface area contributed by atoms with E-state index in [2.05, 4.69) is 10.2 Å². The third-order valence-corrected chi connectivity index (χ3v) is 5.32. The van der Waals surface area contributed by atoms with Crippen molar-refractivity contribution in [1.29, 1.82) is 0 Å². The molecule has 0 aliphatic rings. The van der Waals surface area contributed by atoms with Gasteiger partial charge < -0.3 is 14.0 Å². The number of aromatic nitrogens is 3. The summed E-state index contributed by atoms with van der Waals surface area (Å²) in [5, 5.41) is 8.92. The lowest BCUT2D eigenvalue weighted by Gasteiger charge is -2.14. The minimum Gasteiger partial charge on any atom is -0.497 e. The van der Waals surface area contributed by atoms with E-state index < -0.39 is 11.7 Å². The lowest BCUT2D eigenvalue weighted by atomic mass is 10.1. The van der Waals surface area contributed by atoms with E-state index in [9.17, 15) is 13.2 Å². The van der Waals surface area contributed by atoms with Crippen molar-refractivity contribution in [2.24, 2.45) is 7.05 Å². The molecule has 0 amide bonds. The SMILES string of the molecule is COc1ccc(O[C@@H](C)c2nnc(SCc3cccc(C(F)(F)F)c3)n2C)cc1. The lowest BCUT2D eigenvalue weighted by molar-refractivity contribution is -0.137. The predicted octanol–water partition coefficient (Wildman–Crippen LogP) is 5.27. The molecule has 0 aliphatic heterocycles. The van der Waals surface area contributed by atoms with Crippen LogP contribution in [0.5, 0.6) is 11.5 Å². The van der Waals surface area contributed by atoms with Gasteiger partial charge in [-0.15, -0.1) is 10.2 Å². The first kappa shape index (κ1) is 21.0. The van der Waals surface area contributed by atoms with Crippen LogP contribution in [0.2, 0.25) is 0 Å². The Morgan fingerprint density at radius 2 is 1.76 bits per heavy atom. The van der Waals surface area contributed by atoms with Gasteiger partial charge in [-0.25, -0.2) is 0 Å². The van der Waals surface area contributed by atoms with Crippen molar-refractivity contribution in [1.82, 2.24) is 14.8 Å². The van der Waals surface area contributed by atoms with Gasteiger partial charge in [0.05, 0.1) is 12.7 Å². The molecule has 0 spiro atoms. The van der Waals surface area contributed by atoms with Gasteiger partial charge in [-0.3, -0.25) is 0 Å². The summed E-state index contributed by atoms with van der Waals surface area (Å²) in [5.74, 6) is 2.37. The fourth-order valence-corrected chi connectivity index (χ4v) is 3.56. The van der Waals surface area contributed by atoms with Crippen molar-refractivity contribution >= 4 is 11.8 Å². The summed E-state index contributed by atoms with van der Waals surface area (Å²) in [4.78, 5) is 0. The van der Waals surface area contributed by atoms with Crippen molar-refractivity contribution in [3.63, 3.8) is 0 Å². The summed E-state index contributed by atoms with van der Waals surface area (Å²) in [6.45, 7) is 1.86. The Labute approximate surface area is 170 Å². The first-order valence-electron chi connectivity index (χ1n) is 8.77. The molecular formula is C20H20F3N3O2S. The van der Waals surface area contributed by atoms with E-state index in [-0.39, 0.29) is 6.10 Å². The molecule has 1 atom stereocenters. The minimum atomic E-state index is -4.35. The highest BCUT2D eigenvalue weighted by Crippen LogP contribution is 2.31. The Morgan fingerprint density at radius 3 is 2.41 bits per heavy atom. The van der Waals surface area contributed by atoms with E-state index >= 15 is 0 Å². The molecule has 0 aliphatic carbocycles. The smallest absolute Gasteiger partial charge is 0.416 e. The van der Waals surface area contributed by atoms with Gasteiger partial charge >= 0.3 is 6.18 Å². The molecular weight excluding hydrogens is 403 g/mol. The molecule has 0 bridgehead atoms. The average Bonchev–Trinajstić information content (AvgIpc) is 3.07. The number of hydrogen-bond acceptors (Lipinski definition) is 5. The van der Waals surface area contributed by atoms with Gasteiger partial charge in [-0.05, 0) is 42.8 Å². The fourth-order valence-electron chi connectivity index (χ4n) is 2.70. The van der Waals surface area contributed by atoms with Crippen molar-refractivity contribution in [3.8, 4) is 11.5 Å². The summed E-state index contributed by atoms with van der Waals surface area (Å²) in [7, 11) is 3.40. The van der Waals surface area contributed by atoms with Crippen LogP contribution in [0.15, 0.2) is 53.7 Å². The summed E-state index contributed by atoms with van der Waals surface area (Å²) >= 11 is 1.32. The molecule has 1 heterocycles. The van der Waals surface area contributed by atoms with Crippen molar-refractivity contribution in [2.75, 3.05) is 7.11 Å². The lowest BCUT2D eigenvalue weighted by Crippen LogP contribution is -2.10. The molecule has 3 rings (SSSR count). The first-order chi connectivity index (χ1) is 13.8. The van der Waals surface area contributed by atoms with Gasteiger partial charge in [0.25, 0.3) is 0 Å². The van der Waals surface area contributed by atoms with E-state index in [0.717, 1.165) is 17.9 Å². The molecule has 5 nitrogen and oxygen atoms in total. The van der Waals surface area contributed by atoms with Crippen LogP contribution < -0.4 is 9.47 Å². The summed E-state index contributed by atoms with van der Waals surface area (Å²) < 4.78 is 51.4. The molecule has 3 aromatic rings. The molecule has 2 aromatic carbocycles. The quantitative estimate of drug-likeness (QED) is 0.484. The Bertz CT molecular complexity index is 958. The number of hydrogen-bond donors (Lipinski definition) is 0. The van der Waals surface area contributed by atoms with E-state index in [0.29, 0.717) is 28.0 Å². The zero-order chi connectivity index (χ0) is 21.0. The van der Waals surface area contributed by atoms with Gasteiger partial charge in [-0.2, -0.15) is 13.2 Å². The molecule has 0 saturated carbocycles. The van der Waals surface area contributed by atoms with Crippen LogP contribution in [0.1, 0.15) is 30.0 Å². The standard InChI is InChI=1S/C20H20F3N3O2S/c1-13(28-17-9-7-16(27-3)8-10-17)18-24-25-19(26(18)2)29-12-14-5-4-6-15(11-14)20(21,22)23/h4-11,13H,12H2,1-3H3/t13-/m0/s1. The van der Waals surface area contributed by atoms with Crippen molar-refractivity contribution in [2.45, 2.75) is 30.1 Å². The van der Waals surface area contributed by atoms with E-state index in [1.807, 2.05) is 6.92 Å². The maximum atomic E-state index is 12.9. The van der Waals surface area contributed by atoms with Crippen LogP contribution in [0.3, 0.4) is 0 Å². The van der Waals surface area contributed by atoms with Gasteiger partial charge in [0.2, 0.25) is 0 Å². The van der Waals surface area contributed by atoms with E-state index in [4.69, 9.17) is 9.47 Å². The average molecular weight is 423 g/mol. The largest absolute Gasteiger partial charge is 0.497 e. The molecule has 1 aromatic heterocycles. The van der Waals surface area contributed by atoms with Crippen LogP contribution in [0, 0.1) is 0 Å². The molecule has 154 valence electrons. The van der Waals surface area contributed by atoms with Gasteiger partial charge in [0.1, 0.15) is 11.5 Å². The van der Waals surface area contributed by atoms with E-state index in [1.165, 1.54) is 17.8 Å². The van der Waals surface area contributed by atoms with Gasteiger partial charge in [-0.1, -0.05) is 30.0 Å². The minimum absolute atomic E-state index is 0.351. The van der Waals surface area contributed by atoms with E-state index in [1.54, 1.807) is 49.1 Å². The van der Waals surface area contributed by atoms with Crippen LogP contribution in [-0.4, -0.2) is 21.9 Å². The Kier molecular flexibility index (Phi) is 6.36. The second kappa shape index (κ2) is 8.77. The highest BCUT2D eigenvalue weighted by Gasteiger charge is 2.30. The second-order valence-corrected chi connectivity index (χ2v) is 7.26. The number of methoxy groups -OCH3 is 1. The zero-order valence-electron chi connectivity index (χ0n) is 16.1. The molecule has 9 heteroatoms.